The number of nitrogens with zero attached hydrogens (tertiary/aromatic N) is 1. The van der Waals surface area contributed by atoms with E-state index in [0.29, 0.717) is 12.1 Å². The van der Waals surface area contributed by atoms with Gasteiger partial charge in [-0.15, -0.1) is 0 Å². The summed E-state index contributed by atoms with van der Waals surface area (Å²) in [5.74, 6) is -0.0853. The van der Waals surface area contributed by atoms with Crippen molar-refractivity contribution in [2.24, 2.45) is 0 Å². The minimum Gasteiger partial charge on any atom is -0.468 e. The fourth-order valence-electron chi connectivity index (χ4n) is 3.81. The first-order chi connectivity index (χ1) is 9.48. The normalized spacial score (nSPS) is 31.4. The summed E-state index contributed by atoms with van der Waals surface area (Å²) in [5.41, 5.74) is -0.482. The molecule has 1 N–H and O–H groups in total. The summed E-state index contributed by atoms with van der Waals surface area (Å²) in [5, 5.41) is 3.50. The molecule has 4 nitrogen and oxygen atoms in total. The zero-order valence-electron chi connectivity index (χ0n) is 13.4. The summed E-state index contributed by atoms with van der Waals surface area (Å²) in [4.78, 5) is 14.9. The summed E-state index contributed by atoms with van der Waals surface area (Å²) in [6.45, 7) is 4.20. The van der Waals surface area contributed by atoms with E-state index in [1.54, 1.807) is 0 Å². The Morgan fingerprint density at radius 3 is 2.40 bits per heavy atom. The van der Waals surface area contributed by atoms with Gasteiger partial charge >= 0.3 is 5.97 Å². The van der Waals surface area contributed by atoms with Crippen LogP contribution in [0, 0.1) is 0 Å². The molecule has 2 aliphatic rings. The van der Waals surface area contributed by atoms with Crippen LogP contribution in [0.1, 0.15) is 58.8 Å². The molecular formula is C16H30N2O2. The molecule has 0 saturated heterocycles. The van der Waals surface area contributed by atoms with Gasteiger partial charge < -0.3 is 9.64 Å². The molecule has 0 spiro atoms. The lowest BCUT2D eigenvalue weighted by molar-refractivity contribution is -0.152. The lowest BCUT2D eigenvalue weighted by atomic mass is 9.76. The van der Waals surface area contributed by atoms with Crippen molar-refractivity contribution in [3.05, 3.63) is 0 Å². The van der Waals surface area contributed by atoms with Gasteiger partial charge in [-0.2, -0.15) is 0 Å². The van der Waals surface area contributed by atoms with Gasteiger partial charge in [0.1, 0.15) is 5.54 Å². The first-order valence-electron chi connectivity index (χ1n) is 8.06. The monoisotopic (exact) mass is 282 g/mol. The molecule has 2 rings (SSSR count). The molecule has 2 fully saturated rings. The Bertz CT molecular complexity index is 341. The van der Waals surface area contributed by atoms with Crippen LogP contribution < -0.4 is 5.32 Å². The molecule has 0 aromatic carbocycles. The summed E-state index contributed by atoms with van der Waals surface area (Å²) in [6, 6.07) is 1.52. The molecule has 2 aliphatic carbocycles. The Labute approximate surface area is 123 Å². The Morgan fingerprint density at radius 2 is 1.90 bits per heavy atom. The van der Waals surface area contributed by atoms with E-state index in [4.69, 9.17) is 4.74 Å². The van der Waals surface area contributed by atoms with Crippen molar-refractivity contribution < 1.29 is 9.53 Å². The van der Waals surface area contributed by atoms with Crippen LogP contribution >= 0.6 is 0 Å². The van der Waals surface area contributed by atoms with Crippen LogP contribution in [0.4, 0.5) is 0 Å². The van der Waals surface area contributed by atoms with Gasteiger partial charge in [-0.1, -0.05) is 6.42 Å². The highest BCUT2D eigenvalue weighted by molar-refractivity contribution is 5.81. The van der Waals surface area contributed by atoms with Crippen molar-refractivity contribution >= 4 is 5.97 Å². The van der Waals surface area contributed by atoms with E-state index in [2.05, 4.69) is 31.1 Å². The summed E-state index contributed by atoms with van der Waals surface area (Å²) >= 11 is 0. The number of nitrogens with one attached hydrogen (secondary N) is 1. The van der Waals surface area contributed by atoms with Crippen molar-refractivity contribution in [1.29, 1.82) is 0 Å². The van der Waals surface area contributed by atoms with Gasteiger partial charge in [0.05, 0.1) is 7.11 Å². The molecule has 0 amide bonds. The zero-order chi connectivity index (χ0) is 14.8. The van der Waals surface area contributed by atoms with Crippen molar-refractivity contribution in [1.82, 2.24) is 10.2 Å². The van der Waals surface area contributed by atoms with E-state index < -0.39 is 5.54 Å². The number of hydrogen-bond donors (Lipinski definition) is 1. The Balaban J connectivity index is 2.09. The SMILES string of the molecule is COC(=O)C1(NC(C)C)CCCC(N(C)C2CCC2)C1. The summed E-state index contributed by atoms with van der Waals surface area (Å²) < 4.78 is 5.10. The van der Waals surface area contributed by atoms with E-state index in [1.165, 1.54) is 32.8 Å². The minimum atomic E-state index is -0.482. The van der Waals surface area contributed by atoms with E-state index in [-0.39, 0.29) is 5.97 Å². The molecule has 2 atom stereocenters. The molecule has 116 valence electrons. The van der Waals surface area contributed by atoms with E-state index in [0.717, 1.165) is 25.3 Å². The molecule has 2 saturated carbocycles. The number of hydrogen-bond acceptors (Lipinski definition) is 4. The molecule has 2 unspecified atom stereocenters. The highest BCUT2D eigenvalue weighted by atomic mass is 16.5. The smallest absolute Gasteiger partial charge is 0.326 e. The lowest BCUT2D eigenvalue weighted by Gasteiger charge is -2.47. The summed E-state index contributed by atoms with van der Waals surface area (Å²) in [7, 11) is 3.74. The van der Waals surface area contributed by atoms with Crippen molar-refractivity contribution in [2.75, 3.05) is 14.2 Å². The van der Waals surface area contributed by atoms with Crippen LogP contribution in [0.5, 0.6) is 0 Å². The number of rotatable bonds is 5. The number of ether oxygens (including phenoxy) is 1. The van der Waals surface area contributed by atoms with E-state index in [9.17, 15) is 4.79 Å². The standard InChI is InChI=1S/C16H30N2O2/c1-12(2)17-16(15(19)20-4)10-6-9-14(11-16)18(3)13-7-5-8-13/h12-14,17H,5-11H2,1-4H3. The Morgan fingerprint density at radius 1 is 1.25 bits per heavy atom. The first kappa shape index (κ1) is 15.8. The molecule has 0 aromatic rings. The van der Waals surface area contributed by atoms with Crippen molar-refractivity contribution in [2.45, 2.75) is 82.5 Å². The van der Waals surface area contributed by atoms with E-state index >= 15 is 0 Å². The number of carbonyl (C=O) groups is 1. The molecule has 0 aliphatic heterocycles. The fourth-order valence-corrected chi connectivity index (χ4v) is 3.81. The van der Waals surface area contributed by atoms with Crippen molar-refractivity contribution in [3.8, 4) is 0 Å². The van der Waals surface area contributed by atoms with E-state index in [1.807, 2.05) is 0 Å². The average Bonchev–Trinajstić information content (AvgIpc) is 2.35. The second-order valence-electron chi connectivity index (χ2n) is 6.87. The van der Waals surface area contributed by atoms with Crippen LogP contribution in [0.15, 0.2) is 0 Å². The summed E-state index contributed by atoms with van der Waals surface area (Å²) in [6.07, 6.45) is 8.06. The van der Waals surface area contributed by atoms with Crippen LogP contribution in [-0.4, -0.2) is 48.7 Å². The molecule has 0 bridgehead atoms. The fraction of sp³-hybridized carbons (Fsp3) is 0.938. The Kier molecular flexibility index (Phi) is 5.08. The lowest BCUT2D eigenvalue weighted by Crippen LogP contribution is -2.61. The molecular weight excluding hydrogens is 252 g/mol. The second kappa shape index (κ2) is 6.44. The minimum absolute atomic E-state index is 0.0853. The topological polar surface area (TPSA) is 41.6 Å². The molecule has 0 heterocycles. The number of esters is 1. The second-order valence-corrected chi connectivity index (χ2v) is 6.87. The highest BCUT2D eigenvalue weighted by Crippen LogP contribution is 2.36. The zero-order valence-corrected chi connectivity index (χ0v) is 13.4. The van der Waals surface area contributed by atoms with Gasteiger partial charge in [0.2, 0.25) is 0 Å². The van der Waals surface area contributed by atoms with Crippen LogP contribution in [0.25, 0.3) is 0 Å². The van der Waals surface area contributed by atoms with Gasteiger partial charge in [-0.3, -0.25) is 10.1 Å². The maximum atomic E-state index is 12.3. The van der Waals surface area contributed by atoms with Crippen LogP contribution in [0.3, 0.4) is 0 Å². The van der Waals surface area contributed by atoms with Gasteiger partial charge in [-0.25, -0.2) is 0 Å². The first-order valence-corrected chi connectivity index (χ1v) is 8.06. The average molecular weight is 282 g/mol. The molecule has 0 radical (unpaired) electrons. The van der Waals surface area contributed by atoms with Crippen molar-refractivity contribution in [3.63, 3.8) is 0 Å². The Hall–Kier alpha value is -0.610. The van der Waals surface area contributed by atoms with Gasteiger partial charge in [-0.05, 0) is 59.4 Å². The predicted molar refractivity (Wildman–Crippen MR) is 80.7 cm³/mol. The molecule has 4 heteroatoms. The third kappa shape index (κ3) is 3.17. The maximum Gasteiger partial charge on any atom is 0.326 e. The van der Waals surface area contributed by atoms with Crippen LogP contribution in [-0.2, 0) is 9.53 Å². The van der Waals surface area contributed by atoms with Crippen LogP contribution in [0.2, 0.25) is 0 Å². The van der Waals surface area contributed by atoms with Gasteiger partial charge in [0.15, 0.2) is 0 Å². The van der Waals surface area contributed by atoms with Gasteiger partial charge in [0, 0.05) is 18.1 Å². The largest absolute Gasteiger partial charge is 0.468 e. The molecule has 20 heavy (non-hydrogen) atoms. The maximum absolute atomic E-state index is 12.3. The van der Waals surface area contributed by atoms with Gasteiger partial charge in [0.25, 0.3) is 0 Å². The third-order valence-corrected chi connectivity index (χ3v) is 5.09. The quantitative estimate of drug-likeness (QED) is 0.786. The third-order valence-electron chi connectivity index (χ3n) is 5.09. The highest BCUT2D eigenvalue weighted by Gasteiger charge is 2.45. The number of methoxy groups -OCH3 is 1. The molecule has 0 aromatic heterocycles. The predicted octanol–water partition coefficient (Wildman–Crippen LogP) is 2.32. The number of carbonyl (C=O) groups excluding carboxylic acids is 1.